The summed E-state index contributed by atoms with van der Waals surface area (Å²) < 4.78 is 13.0. The summed E-state index contributed by atoms with van der Waals surface area (Å²) in [5.41, 5.74) is 0.489. The van der Waals surface area contributed by atoms with E-state index in [1.54, 1.807) is 12.1 Å². The average molecular weight is 264 g/mol. The van der Waals surface area contributed by atoms with Gasteiger partial charge in [-0.1, -0.05) is 38.2 Å². The van der Waals surface area contributed by atoms with Gasteiger partial charge in [0.1, 0.15) is 5.82 Å². The number of nitrogens with one attached hydrogen (secondary N) is 2. The second kappa shape index (κ2) is 7.12. The van der Waals surface area contributed by atoms with Crippen molar-refractivity contribution in [2.24, 2.45) is 0 Å². The normalized spacial score (nSPS) is 17.3. The van der Waals surface area contributed by atoms with Gasteiger partial charge in [-0.2, -0.15) is 0 Å². The smallest absolute Gasteiger partial charge is 0.319 e. The highest BCUT2D eigenvalue weighted by molar-refractivity contribution is 5.89. The summed E-state index contributed by atoms with van der Waals surface area (Å²) in [6.07, 6.45) is 8.23. The van der Waals surface area contributed by atoms with E-state index >= 15 is 0 Å². The molecule has 1 aromatic carbocycles. The third-order valence-electron chi connectivity index (χ3n) is 3.52. The van der Waals surface area contributed by atoms with E-state index in [1.807, 2.05) is 0 Å². The molecule has 0 bridgehead atoms. The number of halogens is 1. The molecule has 0 atom stereocenters. The molecule has 104 valence electrons. The molecule has 0 unspecified atom stereocenters. The Bertz CT molecular complexity index is 414. The maximum absolute atomic E-state index is 13.0. The fraction of sp³-hybridized carbons (Fsp3) is 0.533. The fourth-order valence-electron chi connectivity index (χ4n) is 2.52. The monoisotopic (exact) mass is 264 g/mol. The van der Waals surface area contributed by atoms with Gasteiger partial charge in [0.05, 0.1) is 0 Å². The number of carbonyl (C=O) groups excluding carboxylic acids is 1. The van der Waals surface area contributed by atoms with Crippen LogP contribution < -0.4 is 10.6 Å². The third-order valence-corrected chi connectivity index (χ3v) is 3.52. The van der Waals surface area contributed by atoms with E-state index in [1.165, 1.54) is 44.2 Å². The van der Waals surface area contributed by atoms with Crippen LogP contribution in [0.4, 0.5) is 14.9 Å². The number of carbonyl (C=O) groups is 1. The molecular formula is C15H21FN2O. The van der Waals surface area contributed by atoms with Crippen molar-refractivity contribution in [2.75, 3.05) is 5.32 Å². The van der Waals surface area contributed by atoms with Crippen LogP contribution in [0.5, 0.6) is 0 Å². The van der Waals surface area contributed by atoms with Gasteiger partial charge in [0.2, 0.25) is 0 Å². The van der Waals surface area contributed by atoms with E-state index in [-0.39, 0.29) is 17.9 Å². The van der Waals surface area contributed by atoms with Crippen molar-refractivity contribution in [1.29, 1.82) is 0 Å². The summed E-state index contributed by atoms with van der Waals surface area (Å²) in [6.45, 7) is 0. The minimum absolute atomic E-state index is 0.240. The van der Waals surface area contributed by atoms with E-state index in [4.69, 9.17) is 0 Å². The van der Waals surface area contributed by atoms with Crippen LogP contribution in [0.2, 0.25) is 0 Å². The van der Waals surface area contributed by atoms with Crippen LogP contribution in [0.15, 0.2) is 24.3 Å². The lowest BCUT2D eigenvalue weighted by Gasteiger charge is -2.21. The molecule has 0 heterocycles. The van der Waals surface area contributed by atoms with E-state index in [2.05, 4.69) is 10.6 Å². The quantitative estimate of drug-likeness (QED) is 0.831. The Kier molecular flexibility index (Phi) is 5.19. The molecule has 0 radical (unpaired) electrons. The first-order valence-electron chi connectivity index (χ1n) is 7.07. The van der Waals surface area contributed by atoms with Gasteiger partial charge < -0.3 is 10.6 Å². The number of amides is 2. The molecule has 1 aromatic rings. The van der Waals surface area contributed by atoms with Crippen LogP contribution in [0.1, 0.15) is 44.9 Å². The summed E-state index contributed by atoms with van der Waals surface area (Å²) in [6, 6.07) is 5.95. The molecule has 4 heteroatoms. The van der Waals surface area contributed by atoms with Gasteiger partial charge in [-0.25, -0.2) is 9.18 Å². The number of hydrogen-bond donors (Lipinski definition) is 2. The minimum Gasteiger partial charge on any atom is -0.335 e. The van der Waals surface area contributed by atoms with Gasteiger partial charge in [0, 0.05) is 11.7 Å². The van der Waals surface area contributed by atoms with Crippen LogP contribution in [0.3, 0.4) is 0 Å². The van der Waals surface area contributed by atoms with Crippen LogP contribution in [-0.2, 0) is 0 Å². The SMILES string of the molecule is O=C(Nc1cccc(F)c1)NC1CCCCCCC1. The predicted octanol–water partition coefficient (Wildman–Crippen LogP) is 4.06. The number of hydrogen-bond acceptors (Lipinski definition) is 1. The van der Waals surface area contributed by atoms with E-state index in [9.17, 15) is 9.18 Å². The molecule has 0 aromatic heterocycles. The molecule has 0 spiro atoms. The first-order chi connectivity index (χ1) is 9.24. The number of urea groups is 1. The molecule has 19 heavy (non-hydrogen) atoms. The van der Waals surface area contributed by atoms with Gasteiger partial charge in [-0.15, -0.1) is 0 Å². The number of benzene rings is 1. The van der Waals surface area contributed by atoms with E-state index in [0.29, 0.717) is 5.69 Å². The highest BCUT2D eigenvalue weighted by Crippen LogP contribution is 2.17. The number of anilines is 1. The van der Waals surface area contributed by atoms with Gasteiger partial charge in [0.25, 0.3) is 0 Å². The lowest BCUT2D eigenvalue weighted by atomic mass is 9.97. The van der Waals surface area contributed by atoms with Gasteiger partial charge >= 0.3 is 6.03 Å². The number of rotatable bonds is 2. The first-order valence-corrected chi connectivity index (χ1v) is 7.07. The average Bonchev–Trinajstić information content (AvgIpc) is 2.32. The molecule has 1 aliphatic rings. The van der Waals surface area contributed by atoms with Crippen molar-refractivity contribution in [3.63, 3.8) is 0 Å². The highest BCUT2D eigenvalue weighted by Gasteiger charge is 2.13. The molecule has 1 fully saturated rings. The van der Waals surface area contributed by atoms with Crippen LogP contribution in [0.25, 0.3) is 0 Å². The molecule has 0 aliphatic heterocycles. The van der Waals surface area contributed by atoms with E-state index < -0.39 is 0 Å². The van der Waals surface area contributed by atoms with Crippen molar-refractivity contribution in [3.8, 4) is 0 Å². The lowest BCUT2D eigenvalue weighted by Crippen LogP contribution is -2.38. The lowest BCUT2D eigenvalue weighted by molar-refractivity contribution is 0.245. The van der Waals surface area contributed by atoms with E-state index in [0.717, 1.165) is 12.8 Å². The predicted molar refractivity (Wildman–Crippen MR) is 74.7 cm³/mol. The largest absolute Gasteiger partial charge is 0.335 e. The summed E-state index contributed by atoms with van der Waals surface area (Å²) in [5, 5.41) is 5.66. The van der Waals surface area contributed by atoms with Gasteiger partial charge in [-0.05, 0) is 31.0 Å². The Morgan fingerprint density at radius 2 is 1.79 bits per heavy atom. The molecular weight excluding hydrogens is 243 g/mol. The molecule has 1 saturated carbocycles. The second-order valence-corrected chi connectivity index (χ2v) is 5.15. The summed E-state index contributed by atoms with van der Waals surface area (Å²) in [4.78, 5) is 11.8. The molecule has 3 nitrogen and oxygen atoms in total. The minimum atomic E-state index is -0.344. The Morgan fingerprint density at radius 3 is 2.47 bits per heavy atom. The second-order valence-electron chi connectivity index (χ2n) is 5.15. The fourth-order valence-corrected chi connectivity index (χ4v) is 2.52. The summed E-state index contributed by atoms with van der Waals surface area (Å²) in [7, 11) is 0. The standard InChI is InChI=1S/C15H21FN2O/c16-12-7-6-10-14(11-12)18-15(19)17-13-8-4-2-1-3-5-9-13/h6-7,10-11,13H,1-5,8-9H2,(H2,17,18,19). The zero-order valence-corrected chi connectivity index (χ0v) is 11.1. The van der Waals surface area contributed by atoms with Crippen molar-refractivity contribution in [1.82, 2.24) is 5.32 Å². The molecule has 0 saturated heterocycles. The van der Waals surface area contributed by atoms with Crippen LogP contribution in [-0.4, -0.2) is 12.1 Å². The highest BCUT2D eigenvalue weighted by atomic mass is 19.1. The maximum atomic E-state index is 13.0. The van der Waals surface area contributed by atoms with Gasteiger partial charge in [0.15, 0.2) is 0 Å². The van der Waals surface area contributed by atoms with Crippen molar-refractivity contribution >= 4 is 11.7 Å². The summed E-state index contributed by atoms with van der Waals surface area (Å²) >= 11 is 0. The third kappa shape index (κ3) is 4.89. The Balaban J connectivity index is 1.82. The topological polar surface area (TPSA) is 41.1 Å². The molecule has 2 rings (SSSR count). The summed E-state index contributed by atoms with van der Waals surface area (Å²) in [5.74, 6) is -0.344. The zero-order chi connectivity index (χ0) is 13.5. The molecule has 2 amide bonds. The van der Waals surface area contributed by atoms with Crippen LogP contribution in [0, 0.1) is 5.82 Å². The van der Waals surface area contributed by atoms with Crippen molar-refractivity contribution < 1.29 is 9.18 Å². The first kappa shape index (κ1) is 13.8. The zero-order valence-electron chi connectivity index (χ0n) is 11.1. The van der Waals surface area contributed by atoms with Crippen LogP contribution >= 0.6 is 0 Å². The Morgan fingerprint density at radius 1 is 1.11 bits per heavy atom. The van der Waals surface area contributed by atoms with Crippen molar-refractivity contribution in [3.05, 3.63) is 30.1 Å². The molecule has 2 N–H and O–H groups in total. The molecule has 1 aliphatic carbocycles. The van der Waals surface area contributed by atoms with Gasteiger partial charge in [-0.3, -0.25) is 0 Å². The Hall–Kier alpha value is -1.58. The maximum Gasteiger partial charge on any atom is 0.319 e. The van der Waals surface area contributed by atoms with Crippen molar-refractivity contribution in [2.45, 2.75) is 51.0 Å². The Labute approximate surface area is 113 Å².